The van der Waals surface area contributed by atoms with Crippen LogP contribution in [0, 0.1) is 0 Å². The number of nitrogens with zero attached hydrogens (tertiary/aromatic N) is 3. The first kappa shape index (κ1) is 19.0. The highest BCUT2D eigenvalue weighted by molar-refractivity contribution is 7.89. The van der Waals surface area contributed by atoms with Crippen molar-refractivity contribution in [2.45, 2.75) is 4.90 Å². The summed E-state index contributed by atoms with van der Waals surface area (Å²) in [6.45, 7) is 0.516. The summed E-state index contributed by atoms with van der Waals surface area (Å²) in [5.41, 5.74) is 0.856. The van der Waals surface area contributed by atoms with E-state index in [-0.39, 0.29) is 16.5 Å². The van der Waals surface area contributed by atoms with Gasteiger partial charge in [-0.2, -0.15) is 0 Å². The lowest BCUT2D eigenvalue weighted by Crippen LogP contribution is -2.29. The number of benzene rings is 1. The van der Waals surface area contributed by atoms with Crippen LogP contribution in [-0.2, 0) is 10.0 Å². The monoisotopic (exact) mass is 404 g/mol. The Hall–Kier alpha value is -2.75. The van der Waals surface area contributed by atoms with Gasteiger partial charge in [0, 0.05) is 31.2 Å². The number of rotatable bonds is 8. The molecule has 10 heteroatoms. The standard InChI is InChI=1S/C17H17ClN6O2S/c18-14-3-1-2-4-15(14)27(25,26)21-12-11-20-16-5-6-17(24-23-16)22-13-7-9-19-10-8-13/h1-10,21H,11-12H2,(H,20,23)(H,19,22,24). The van der Waals surface area contributed by atoms with Crippen molar-refractivity contribution >= 4 is 38.9 Å². The van der Waals surface area contributed by atoms with Crippen LogP contribution in [0.4, 0.5) is 17.3 Å². The number of nitrogens with one attached hydrogen (secondary N) is 3. The molecule has 0 aliphatic heterocycles. The van der Waals surface area contributed by atoms with E-state index in [1.54, 1.807) is 36.7 Å². The normalized spacial score (nSPS) is 11.1. The topological polar surface area (TPSA) is 109 Å². The Balaban J connectivity index is 1.49. The molecule has 3 N–H and O–H groups in total. The molecule has 8 nitrogen and oxygen atoms in total. The van der Waals surface area contributed by atoms with E-state index in [1.165, 1.54) is 12.1 Å². The number of pyridine rings is 1. The van der Waals surface area contributed by atoms with Gasteiger partial charge in [-0.1, -0.05) is 23.7 Å². The summed E-state index contributed by atoms with van der Waals surface area (Å²) in [5.74, 6) is 1.12. The fourth-order valence-corrected chi connectivity index (χ4v) is 3.74. The predicted molar refractivity (Wildman–Crippen MR) is 105 cm³/mol. The van der Waals surface area contributed by atoms with Gasteiger partial charge >= 0.3 is 0 Å². The van der Waals surface area contributed by atoms with Crippen molar-refractivity contribution in [1.82, 2.24) is 19.9 Å². The van der Waals surface area contributed by atoms with E-state index in [0.717, 1.165) is 5.69 Å². The van der Waals surface area contributed by atoms with Gasteiger partial charge < -0.3 is 10.6 Å². The Bertz CT molecular complexity index is 984. The summed E-state index contributed by atoms with van der Waals surface area (Å²) in [6, 6.07) is 13.4. The van der Waals surface area contributed by atoms with E-state index in [1.807, 2.05) is 12.1 Å². The van der Waals surface area contributed by atoms with E-state index in [4.69, 9.17) is 11.6 Å². The summed E-state index contributed by atoms with van der Waals surface area (Å²) < 4.78 is 26.9. The quantitative estimate of drug-likeness (QED) is 0.495. The number of sulfonamides is 1. The van der Waals surface area contributed by atoms with Crippen LogP contribution in [0.5, 0.6) is 0 Å². The molecule has 0 amide bonds. The second kappa shape index (κ2) is 8.76. The van der Waals surface area contributed by atoms with Gasteiger partial charge in [0.1, 0.15) is 10.7 Å². The van der Waals surface area contributed by atoms with Crippen molar-refractivity contribution in [3.8, 4) is 0 Å². The number of anilines is 3. The van der Waals surface area contributed by atoms with Gasteiger partial charge in [0.25, 0.3) is 0 Å². The average Bonchev–Trinajstić information content (AvgIpc) is 2.67. The molecule has 3 rings (SSSR count). The molecular weight excluding hydrogens is 388 g/mol. The first-order chi connectivity index (χ1) is 13.0. The molecule has 0 aliphatic rings. The molecule has 140 valence electrons. The molecule has 27 heavy (non-hydrogen) atoms. The maximum absolute atomic E-state index is 12.2. The highest BCUT2D eigenvalue weighted by atomic mass is 35.5. The van der Waals surface area contributed by atoms with Crippen molar-refractivity contribution < 1.29 is 8.42 Å². The smallest absolute Gasteiger partial charge is 0.242 e. The van der Waals surface area contributed by atoms with Crippen LogP contribution in [0.3, 0.4) is 0 Å². The third-order valence-electron chi connectivity index (χ3n) is 3.47. The molecule has 0 fully saturated rings. The Labute approximate surface area is 162 Å². The molecule has 0 unspecified atom stereocenters. The number of hydrogen-bond donors (Lipinski definition) is 3. The van der Waals surface area contributed by atoms with Crippen LogP contribution < -0.4 is 15.4 Å². The first-order valence-electron chi connectivity index (χ1n) is 8.03. The van der Waals surface area contributed by atoms with Crippen LogP contribution in [-0.4, -0.2) is 36.7 Å². The fraction of sp³-hybridized carbons (Fsp3) is 0.118. The van der Waals surface area contributed by atoms with E-state index in [9.17, 15) is 8.42 Å². The summed E-state index contributed by atoms with van der Waals surface area (Å²) >= 11 is 5.93. The van der Waals surface area contributed by atoms with E-state index in [2.05, 4.69) is 30.5 Å². The lowest BCUT2D eigenvalue weighted by molar-refractivity contribution is 0.583. The highest BCUT2D eigenvalue weighted by Crippen LogP contribution is 2.19. The Morgan fingerprint density at radius 2 is 1.59 bits per heavy atom. The third kappa shape index (κ3) is 5.36. The zero-order valence-corrected chi connectivity index (χ0v) is 15.7. The molecule has 0 saturated carbocycles. The molecule has 0 saturated heterocycles. The van der Waals surface area contributed by atoms with Crippen molar-refractivity contribution in [1.29, 1.82) is 0 Å². The Morgan fingerprint density at radius 1 is 0.889 bits per heavy atom. The lowest BCUT2D eigenvalue weighted by Gasteiger charge is -2.09. The minimum absolute atomic E-state index is 0.0537. The molecule has 3 aromatic rings. The van der Waals surface area contributed by atoms with Crippen molar-refractivity contribution in [3.05, 3.63) is 65.9 Å². The maximum Gasteiger partial charge on any atom is 0.242 e. The SMILES string of the molecule is O=S(=O)(NCCNc1ccc(Nc2ccncc2)nn1)c1ccccc1Cl. The molecule has 0 radical (unpaired) electrons. The molecular formula is C17H17ClN6O2S. The summed E-state index contributed by atoms with van der Waals surface area (Å²) in [5, 5.41) is 14.4. The van der Waals surface area contributed by atoms with Crippen molar-refractivity contribution in [3.63, 3.8) is 0 Å². The Morgan fingerprint density at radius 3 is 2.30 bits per heavy atom. The highest BCUT2D eigenvalue weighted by Gasteiger charge is 2.16. The third-order valence-corrected chi connectivity index (χ3v) is 5.43. The number of aromatic nitrogens is 3. The number of halogens is 1. The van der Waals surface area contributed by atoms with Gasteiger partial charge in [0.15, 0.2) is 5.82 Å². The van der Waals surface area contributed by atoms with Crippen molar-refractivity contribution in [2.75, 3.05) is 23.7 Å². The minimum atomic E-state index is -3.66. The molecule has 2 aromatic heterocycles. The molecule has 2 heterocycles. The lowest BCUT2D eigenvalue weighted by atomic mass is 10.4. The van der Waals surface area contributed by atoms with E-state index >= 15 is 0 Å². The van der Waals surface area contributed by atoms with Gasteiger partial charge in [0.05, 0.1) is 5.02 Å². The van der Waals surface area contributed by atoms with E-state index < -0.39 is 10.0 Å². The van der Waals surface area contributed by atoms with Gasteiger partial charge in [-0.3, -0.25) is 4.98 Å². The van der Waals surface area contributed by atoms with Crippen LogP contribution in [0.2, 0.25) is 5.02 Å². The van der Waals surface area contributed by atoms with Gasteiger partial charge in [-0.15, -0.1) is 10.2 Å². The maximum atomic E-state index is 12.2. The Kier molecular flexibility index (Phi) is 6.17. The summed E-state index contributed by atoms with van der Waals surface area (Å²) in [4.78, 5) is 4.00. The van der Waals surface area contributed by atoms with Gasteiger partial charge in [0.2, 0.25) is 10.0 Å². The first-order valence-corrected chi connectivity index (χ1v) is 9.89. The van der Waals surface area contributed by atoms with Crippen LogP contribution >= 0.6 is 11.6 Å². The van der Waals surface area contributed by atoms with Crippen molar-refractivity contribution in [2.24, 2.45) is 0 Å². The van der Waals surface area contributed by atoms with Gasteiger partial charge in [-0.05, 0) is 36.4 Å². The zero-order valence-electron chi connectivity index (χ0n) is 14.1. The molecule has 0 atom stereocenters. The minimum Gasteiger partial charge on any atom is -0.367 e. The molecule has 1 aromatic carbocycles. The largest absolute Gasteiger partial charge is 0.367 e. The summed E-state index contributed by atoms with van der Waals surface area (Å²) in [7, 11) is -3.66. The predicted octanol–water partition coefficient (Wildman–Crippen LogP) is 2.66. The fourth-order valence-electron chi connectivity index (χ4n) is 2.19. The van der Waals surface area contributed by atoms with E-state index in [0.29, 0.717) is 18.2 Å². The zero-order chi connectivity index (χ0) is 19.1. The van der Waals surface area contributed by atoms with Crippen LogP contribution in [0.25, 0.3) is 0 Å². The average molecular weight is 405 g/mol. The summed E-state index contributed by atoms with van der Waals surface area (Å²) in [6.07, 6.45) is 3.35. The molecule has 0 spiro atoms. The molecule has 0 aliphatic carbocycles. The second-order valence-corrected chi connectivity index (χ2v) is 7.56. The van der Waals surface area contributed by atoms with Gasteiger partial charge in [-0.25, -0.2) is 13.1 Å². The molecule has 0 bridgehead atoms. The number of hydrogen-bond acceptors (Lipinski definition) is 7. The second-order valence-electron chi connectivity index (χ2n) is 5.42. The van der Waals surface area contributed by atoms with Crippen LogP contribution in [0.15, 0.2) is 65.8 Å². The van der Waals surface area contributed by atoms with Crippen LogP contribution in [0.1, 0.15) is 0 Å².